The maximum Gasteiger partial charge on any atom is 0.00628 e. The minimum Gasteiger partial charge on any atom is -0.165 e. The lowest BCUT2D eigenvalue weighted by atomic mass is 9.94. The Morgan fingerprint density at radius 2 is 2.06 bits per heavy atom. The first-order valence-electron chi connectivity index (χ1n) is 5.87. The van der Waals surface area contributed by atoms with Gasteiger partial charge in [-0.05, 0) is 55.2 Å². The second-order valence-corrected chi connectivity index (χ2v) is 5.92. The molecule has 0 aromatic heterocycles. The van der Waals surface area contributed by atoms with E-state index in [0.717, 1.165) is 11.2 Å². The molecule has 16 heavy (non-hydrogen) atoms. The van der Waals surface area contributed by atoms with Crippen LogP contribution in [0.2, 0.25) is 0 Å². The molecule has 90 valence electrons. The van der Waals surface area contributed by atoms with Crippen molar-refractivity contribution in [3.63, 3.8) is 0 Å². The van der Waals surface area contributed by atoms with Crippen LogP contribution in [0.5, 0.6) is 0 Å². The zero-order valence-corrected chi connectivity index (χ0v) is 12.6. The normalized spacial score (nSPS) is 12.7. The van der Waals surface area contributed by atoms with Crippen LogP contribution in [-0.2, 0) is 6.42 Å². The predicted molar refractivity (Wildman–Crippen MR) is 79.8 cm³/mol. The number of halogens is 1. The smallest absolute Gasteiger partial charge is 0.00628 e. The molecular weight excluding hydrogens is 280 g/mol. The highest BCUT2D eigenvalue weighted by Crippen LogP contribution is 2.19. The topological polar surface area (TPSA) is 0 Å². The standard InChI is InChI=1S/C14H21BrS/c1-12-6-3-4-8-14(12)10-13(11-15)7-5-9-16-2/h3-4,6,8,13H,5,7,9-11H2,1-2H3. The molecule has 0 aliphatic rings. The van der Waals surface area contributed by atoms with Gasteiger partial charge in [0.1, 0.15) is 0 Å². The summed E-state index contributed by atoms with van der Waals surface area (Å²) in [6.07, 6.45) is 6.07. The average molecular weight is 301 g/mol. The number of hydrogen-bond donors (Lipinski definition) is 0. The fourth-order valence-electron chi connectivity index (χ4n) is 1.90. The maximum atomic E-state index is 3.64. The van der Waals surface area contributed by atoms with E-state index in [0.29, 0.717) is 0 Å². The van der Waals surface area contributed by atoms with Gasteiger partial charge in [0.05, 0.1) is 0 Å². The number of hydrogen-bond acceptors (Lipinski definition) is 1. The molecule has 2 heteroatoms. The van der Waals surface area contributed by atoms with Gasteiger partial charge < -0.3 is 0 Å². The van der Waals surface area contributed by atoms with Crippen molar-refractivity contribution < 1.29 is 0 Å². The van der Waals surface area contributed by atoms with Crippen molar-refractivity contribution in [3.8, 4) is 0 Å². The number of aryl methyl sites for hydroxylation is 1. The summed E-state index contributed by atoms with van der Waals surface area (Å²) in [4.78, 5) is 0. The lowest BCUT2D eigenvalue weighted by molar-refractivity contribution is 0.535. The van der Waals surface area contributed by atoms with Crippen molar-refractivity contribution >= 4 is 27.7 Å². The SMILES string of the molecule is CSCCCC(CBr)Cc1ccccc1C. The molecule has 1 rings (SSSR count). The molecule has 0 aliphatic heterocycles. The average Bonchev–Trinajstić information content (AvgIpc) is 2.30. The van der Waals surface area contributed by atoms with Crippen LogP contribution >= 0.6 is 27.7 Å². The van der Waals surface area contributed by atoms with Crippen LogP contribution in [0, 0.1) is 12.8 Å². The van der Waals surface area contributed by atoms with E-state index < -0.39 is 0 Å². The van der Waals surface area contributed by atoms with E-state index in [-0.39, 0.29) is 0 Å². The van der Waals surface area contributed by atoms with Gasteiger partial charge in [-0.2, -0.15) is 11.8 Å². The highest BCUT2D eigenvalue weighted by atomic mass is 79.9. The monoisotopic (exact) mass is 300 g/mol. The third-order valence-electron chi connectivity index (χ3n) is 2.95. The van der Waals surface area contributed by atoms with Gasteiger partial charge in [0.2, 0.25) is 0 Å². The van der Waals surface area contributed by atoms with Crippen LogP contribution in [0.15, 0.2) is 24.3 Å². The fraction of sp³-hybridized carbons (Fsp3) is 0.571. The van der Waals surface area contributed by atoms with Gasteiger partial charge in [0, 0.05) is 5.33 Å². The summed E-state index contributed by atoms with van der Waals surface area (Å²) in [7, 11) is 0. The Morgan fingerprint density at radius 1 is 1.31 bits per heavy atom. The summed E-state index contributed by atoms with van der Waals surface area (Å²) >= 11 is 5.59. The Kier molecular flexibility index (Phi) is 7.22. The Labute approximate surface area is 112 Å². The molecule has 0 heterocycles. The summed E-state index contributed by atoms with van der Waals surface area (Å²) in [5.74, 6) is 2.07. The zero-order valence-electron chi connectivity index (χ0n) is 10.2. The molecule has 1 unspecified atom stereocenters. The van der Waals surface area contributed by atoms with Crippen LogP contribution < -0.4 is 0 Å². The molecule has 0 nitrogen and oxygen atoms in total. The number of alkyl halides is 1. The first-order chi connectivity index (χ1) is 7.77. The van der Waals surface area contributed by atoms with Crippen molar-refractivity contribution in [3.05, 3.63) is 35.4 Å². The van der Waals surface area contributed by atoms with Crippen molar-refractivity contribution in [2.45, 2.75) is 26.2 Å². The quantitative estimate of drug-likeness (QED) is 0.520. The van der Waals surface area contributed by atoms with Crippen LogP contribution in [-0.4, -0.2) is 17.3 Å². The van der Waals surface area contributed by atoms with Gasteiger partial charge in [0.25, 0.3) is 0 Å². The van der Waals surface area contributed by atoms with E-state index in [1.54, 1.807) is 0 Å². The molecule has 1 aromatic rings. The lowest BCUT2D eigenvalue weighted by Crippen LogP contribution is -2.07. The van der Waals surface area contributed by atoms with Crippen molar-refractivity contribution in [2.75, 3.05) is 17.3 Å². The molecule has 0 fully saturated rings. The summed E-state index contributed by atoms with van der Waals surface area (Å²) in [5.41, 5.74) is 2.94. The largest absolute Gasteiger partial charge is 0.165 e. The van der Waals surface area contributed by atoms with Crippen LogP contribution in [0.1, 0.15) is 24.0 Å². The predicted octanol–water partition coefficient (Wildman–Crippen LogP) is 4.69. The van der Waals surface area contributed by atoms with E-state index in [9.17, 15) is 0 Å². The Hall–Kier alpha value is 0.0500. The number of rotatable bonds is 7. The van der Waals surface area contributed by atoms with Crippen LogP contribution in [0.3, 0.4) is 0 Å². The molecular formula is C14H21BrS. The summed E-state index contributed by atoms with van der Waals surface area (Å²) in [5, 5.41) is 1.12. The highest BCUT2D eigenvalue weighted by molar-refractivity contribution is 9.09. The minimum atomic E-state index is 0.785. The van der Waals surface area contributed by atoms with Gasteiger partial charge in [-0.3, -0.25) is 0 Å². The third kappa shape index (κ3) is 4.92. The second kappa shape index (κ2) is 8.19. The molecule has 0 spiro atoms. The van der Waals surface area contributed by atoms with Crippen LogP contribution in [0.25, 0.3) is 0 Å². The highest BCUT2D eigenvalue weighted by Gasteiger charge is 2.09. The van der Waals surface area contributed by atoms with E-state index in [1.807, 2.05) is 11.8 Å². The summed E-state index contributed by atoms with van der Waals surface area (Å²) in [6, 6.07) is 8.74. The molecule has 1 aromatic carbocycles. The van der Waals surface area contributed by atoms with Crippen molar-refractivity contribution in [2.24, 2.45) is 5.92 Å². The molecule has 0 aliphatic carbocycles. The first kappa shape index (κ1) is 14.1. The molecule has 0 saturated carbocycles. The van der Waals surface area contributed by atoms with Gasteiger partial charge in [-0.1, -0.05) is 40.2 Å². The first-order valence-corrected chi connectivity index (χ1v) is 8.39. The number of thioether (sulfide) groups is 1. The maximum absolute atomic E-state index is 3.64. The fourth-order valence-corrected chi connectivity index (χ4v) is 2.91. The van der Waals surface area contributed by atoms with Crippen LogP contribution in [0.4, 0.5) is 0 Å². The van der Waals surface area contributed by atoms with Gasteiger partial charge >= 0.3 is 0 Å². The van der Waals surface area contributed by atoms with Gasteiger partial charge in [0.15, 0.2) is 0 Å². The molecule has 0 amide bonds. The van der Waals surface area contributed by atoms with E-state index in [2.05, 4.69) is 53.4 Å². The van der Waals surface area contributed by atoms with Crippen molar-refractivity contribution in [1.29, 1.82) is 0 Å². The van der Waals surface area contributed by atoms with E-state index >= 15 is 0 Å². The Bertz CT molecular complexity index is 299. The van der Waals surface area contributed by atoms with Gasteiger partial charge in [-0.25, -0.2) is 0 Å². The molecule has 0 saturated heterocycles. The molecule has 1 atom stereocenters. The molecule has 0 radical (unpaired) electrons. The Balaban J connectivity index is 2.46. The molecule has 0 N–H and O–H groups in total. The molecule has 0 bridgehead atoms. The van der Waals surface area contributed by atoms with Gasteiger partial charge in [-0.15, -0.1) is 0 Å². The third-order valence-corrected chi connectivity index (χ3v) is 4.56. The summed E-state index contributed by atoms with van der Waals surface area (Å²) < 4.78 is 0. The van der Waals surface area contributed by atoms with E-state index in [4.69, 9.17) is 0 Å². The van der Waals surface area contributed by atoms with E-state index in [1.165, 1.54) is 36.1 Å². The summed E-state index contributed by atoms with van der Waals surface area (Å²) in [6.45, 7) is 2.21. The second-order valence-electron chi connectivity index (χ2n) is 4.29. The Morgan fingerprint density at radius 3 is 2.69 bits per heavy atom. The zero-order chi connectivity index (χ0) is 11.8. The lowest BCUT2D eigenvalue weighted by Gasteiger charge is -2.15. The van der Waals surface area contributed by atoms with Crippen molar-refractivity contribution in [1.82, 2.24) is 0 Å². The minimum absolute atomic E-state index is 0.785. The number of benzene rings is 1.